The van der Waals surface area contributed by atoms with Gasteiger partial charge in [0.25, 0.3) is 0 Å². The molecule has 0 aliphatic heterocycles. The van der Waals surface area contributed by atoms with Crippen LogP contribution in [0.1, 0.15) is 34.9 Å². The third kappa shape index (κ3) is 2.82. The number of esters is 1. The van der Waals surface area contributed by atoms with Crippen LogP contribution in [0.3, 0.4) is 0 Å². The number of methoxy groups -OCH3 is 1. The molecule has 1 N–H and O–H groups in total. The lowest BCUT2D eigenvalue weighted by Gasteiger charge is -2.11. The average molecular weight is 349 g/mol. The van der Waals surface area contributed by atoms with Crippen molar-refractivity contribution in [2.45, 2.75) is 20.0 Å². The van der Waals surface area contributed by atoms with Crippen molar-refractivity contribution in [3.05, 3.63) is 40.3 Å². The lowest BCUT2D eigenvalue weighted by molar-refractivity contribution is 0.0317. The number of aromatic amines is 1. The molecule has 3 aromatic rings. The van der Waals surface area contributed by atoms with Crippen molar-refractivity contribution in [1.29, 1.82) is 0 Å². The van der Waals surface area contributed by atoms with E-state index in [-0.39, 0.29) is 0 Å². The normalized spacial score (nSPS) is 12.4. The van der Waals surface area contributed by atoms with Crippen LogP contribution in [-0.2, 0) is 11.8 Å². The molecule has 0 radical (unpaired) electrons. The zero-order valence-corrected chi connectivity index (χ0v) is 14.5. The van der Waals surface area contributed by atoms with E-state index < -0.39 is 12.1 Å². The topological polar surface area (TPSA) is 82.0 Å². The number of ether oxygens (including phenoxy) is 2. The van der Waals surface area contributed by atoms with Crippen LogP contribution in [0.15, 0.2) is 18.2 Å². The first-order chi connectivity index (χ1) is 11.4. The van der Waals surface area contributed by atoms with Crippen molar-refractivity contribution in [2.75, 3.05) is 7.11 Å². The Labute approximate surface area is 143 Å². The number of aromatic nitrogens is 4. The van der Waals surface area contributed by atoms with Crippen LogP contribution in [-0.4, -0.2) is 32.8 Å². The molecule has 8 heteroatoms. The first-order valence-corrected chi connectivity index (χ1v) is 7.72. The number of halogens is 1. The Balaban J connectivity index is 1.85. The number of aryl methyl sites for hydroxylation is 2. The fraction of sp³-hybridized carbons (Fsp3) is 0.312. The number of rotatable bonds is 4. The van der Waals surface area contributed by atoms with Crippen LogP contribution in [0, 0.1) is 6.92 Å². The van der Waals surface area contributed by atoms with Gasteiger partial charge in [-0.15, -0.1) is 0 Å². The molecule has 0 saturated heterocycles. The molecule has 7 nitrogen and oxygen atoms in total. The maximum atomic E-state index is 12.5. The largest absolute Gasteiger partial charge is 0.481 e. The Morgan fingerprint density at radius 2 is 2.17 bits per heavy atom. The summed E-state index contributed by atoms with van der Waals surface area (Å²) >= 11 is 5.97. The van der Waals surface area contributed by atoms with Gasteiger partial charge in [-0.1, -0.05) is 11.6 Å². The summed E-state index contributed by atoms with van der Waals surface area (Å²) in [5, 5.41) is 4.79. The molecule has 2 heterocycles. The second-order valence-corrected chi connectivity index (χ2v) is 5.86. The average Bonchev–Trinajstić information content (AvgIpc) is 3.06. The summed E-state index contributed by atoms with van der Waals surface area (Å²) in [6.45, 7) is 3.47. The molecule has 3 rings (SSSR count). The molecule has 0 spiro atoms. The minimum absolute atomic E-state index is 0.311. The van der Waals surface area contributed by atoms with E-state index in [1.54, 1.807) is 39.1 Å². The van der Waals surface area contributed by atoms with Gasteiger partial charge in [0.1, 0.15) is 11.4 Å². The van der Waals surface area contributed by atoms with Crippen LogP contribution in [0.2, 0.25) is 5.02 Å². The van der Waals surface area contributed by atoms with Gasteiger partial charge in [0.2, 0.25) is 5.88 Å². The van der Waals surface area contributed by atoms with Gasteiger partial charge in [0.05, 0.1) is 23.8 Å². The number of carbonyl (C=O) groups excluding carboxylic acids is 1. The van der Waals surface area contributed by atoms with E-state index in [1.165, 1.54) is 11.8 Å². The number of benzene rings is 1. The summed E-state index contributed by atoms with van der Waals surface area (Å²) in [6.07, 6.45) is -0.562. The fourth-order valence-corrected chi connectivity index (χ4v) is 2.75. The van der Waals surface area contributed by atoms with Crippen LogP contribution in [0.4, 0.5) is 0 Å². The van der Waals surface area contributed by atoms with Gasteiger partial charge in [-0.2, -0.15) is 5.10 Å². The Hall–Kier alpha value is -2.54. The minimum Gasteiger partial charge on any atom is -0.481 e. The summed E-state index contributed by atoms with van der Waals surface area (Å²) in [7, 11) is 3.19. The second kappa shape index (κ2) is 6.16. The van der Waals surface area contributed by atoms with Crippen LogP contribution < -0.4 is 4.74 Å². The minimum atomic E-state index is -0.562. The predicted octanol–water partition coefficient (Wildman–Crippen LogP) is 3.18. The number of nitrogens with zero attached hydrogens (tertiary/aromatic N) is 3. The summed E-state index contributed by atoms with van der Waals surface area (Å²) in [5.74, 6) is 0.394. The number of imidazole rings is 1. The summed E-state index contributed by atoms with van der Waals surface area (Å²) in [5.41, 5.74) is 2.40. The number of hydrogen-bond donors (Lipinski definition) is 1. The fourth-order valence-electron chi connectivity index (χ4n) is 2.58. The molecule has 0 bridgehead atoms. The third-order valence-corrected chi connectivity index (χ3v) is 3.93. The highest BCUT2D eigenvalue weighted by molar-refractivity contribution is 6.31. The summed E-state index contributed by atoms with van der Waals surface area (Å²) in [6, 6.07) is 5.34. The zero-order valence-electron chi connectivity index (χ0n) is 13.8. The highest BCUT2D eigenvalue weighted by atomic mass is 35.5. The highest BCUT2D eigenvalue weighted by Crippen LogP contribution is 2.26. The highest BCUT2D eigenvalue weighted by Gasteiger charge is 2.25. The molecule has 1 aromatic carbocycles. The van der Waals surface area contributed by atoms with Gasteiger partial charge in [-0.3, -0.25) is 0 Å². The predicted molar refractivity (Wildman–Crippen MR) is 89.4 cm³/mol. The molecule has 0 aliphatic rings. The van der Waals surface area contributed by atoms with Gasteiger partial charge in [-0.05, 0) is 32.0 Å². The van der Waals surface area contributed by atoms with E-state index in [1.807, 2.05) is 0 Å². The maximum absolute atomic E-state index is 12.5. The smallest absolute Gasteiger partial charge is 0.346 e. The molecule has 126 valence electrons. The van der Waals surface area contributed by atoms with Crippen molar-refractivity contribution in [3.63, 3.8) is 0 Å². The molecule has 0 fully saturated rings. The van der Waals surface area contributed by atoms with Crippen molar-refractivity contribution in [2.24, 2.45) is 7.05 Å². The van der Waals surface area contributed by atoms with E-state index in [0.717, 1.165) is 11.0 Å². The monoisotopic (exact) mass is 348 g/mol. The Kier molecular flexibility index (Phi) is 4.19. The Morgan fingerprint density at radius 1 is 1.42 bits per heavy atom. The van der Waals surface area contributed by atoms with Gasteiger partial charge in [0.15, 0.2) is 6.10 Å². The van der Waals surface area contributed by atoms with Gasteiger partial charge < -0.3 is 14.5 Å². The number of carbonyl (C=O) groups is 1. The molecule has 0 unspecified atom stereocenters. The number of H-pyrrole nitrogens is 1. The summed E-state index contributed by atoms with van der Waals surface area (Å²) < 4.78 is 12.2. The lowest BCUT2D eigenvalue weighted by Crippen LogP contribution is -2.12. The van der Waals surface area contributed by atoms with E-state index in [9.17, 15) is 4.79 Å². The van der Waals surface area contributed by atoms with E-state index >= 15 is 0 Å². The molecule has 0 saturated carbocycles. The Bertz CT molecular complexity index is 916. The Morgan fingerprint density at radius 3 is 2.88 bits per heavy atom. The standard InChI is InChI=1S/C16H17ClN4O3/c1-8-13(15(23-4)21(3)20-8)16(22)24-9(2)14-18-11-6-5-10(17)7-12(11)19-14/h5-7,9H,1-4H3,(H,18,19)/t9-/m0/s1. The van der Waals surface area contributed by atoms with E-state index in [4.69, 9.17) is 21.1 Å². The number of fused-ring (bicyclic) bond motifs is 1. The van der Waals surface area contributed by atoms with Crippen molar-refractivity contribution in [1.82, 2.24) is 19.7 Å². The second-order valence-electron chi connectivity index (χ2n) is 5.42. The lowest BCUT2D eigenvalue weighted by atomic mass is 10.2. The quantitative estimate of drug-likeness (QED) is 0.732. The van der Waals surface area contributed by atoms with Crippen LogP contribution >= 0.6 is 11.6 Å². The van der Waals surface area contributed by atoms with Crippen molar-refractivity contribution < 1.29 is 14.3 Å². The SMILES string of the molecule is COc1c(C(=O)O[C@@H](C)c2nc3ccc(Cl)cc3[nH]2)c(C)nn1C. The maximum Gasteiger partial charge on any atom is 0.346 e. The van der Waals surface area contributed by atoms with Crippen LogP contribution in [0.25, 0.3) is 11.0 Å². The van der Waals surface area contributed by atoms with Crippen LogP contribution in [0.5, 0.6) is 5.88 Å². The molecule has 1 atom stereocenters. The first kappa shape index (κ1) is 16.3. The van der Waals surface area contributed by atoms with Gasteiger partial charge in [-0.25, -0.2) is 14.5 Å². The van der Waals surface area contributed by atoms with E-state index in [0.29, 0.717) is 28.0 Å². The molecule has 0 aliphatic carbocycles. The van der Waals surface area contributed by atoms with Gasteiger partial charge >= 0.3 is 5.97 Å². The molecular formula is C16H17ClN4O3. The third-order valence-electron chi connectivity index (χ3n) is 3.70. The molecule has 2 aromatic heterocycles. The number of hydrogen-bond acceptors (Lipinski definition) is 5. The zero-order chi connectivity index (χ0) is 17.4. The molecular weight excluding hydrogens is 332 g/mol. The van der Waals surface area contributed by atoms with Crippen molar-refractivity contribution >= 4 is 28.6 Å². The molecule has 24 heavy (non-hydrogen) atoms. The van der Waals surface area contributed by atoms with Gasteiger partial charge in [0, 0.05) is 12.1 Å². The first-order valence-electron chi connectivity index (χ1n) is 7.34. The summed E-state index contributed by atoms with van der Waals surface area (Å²) in [4.78, 5) is 20.0. The van der Waals surface area contributed by atoms with Crippen molar-refractivity contribution in [3.8, 4) is 5.88 Å². The van der Waals surface area contributed by atoms with E-state index in [2.05, 4.69) is 15.1 Å². The molecule has 0 amide bonds. The number of nitrogens with one attached hydrogen (secondary N) is 1.